The first-order valence-electron chi connectivity index (χ1n) is 7.75. The first kappa shape index (κ1) is 13.6. The van der Waals surface area contributed by atoms with E-state index in [0.29, 0.717) is 23.8 Å². The Hall–Kier alpha value is -1.35. The highest BCUT2D eigenvalue weighted by Crippen LogP contribution is 2.49. The number of rotatable bonds is 5. The van der Waals surface area contributed by atoms with Crippen LogP contribution in [0.2, 0.25) is 0 Å². The van der Waals surface area contributed by atoms with Gasteiger partial charge in [-0.3, -0.25) is 4.79 Å². The fourth-order valence-corrected chi connectivity index (χ4v) is 4.13. The van der Waals surface area contributed by atoms with E-state index in [1.807, 2.05) is 18.2 Å². The van der Waals surface area contributed by atoms with Crippen molar-refractivity contribution in [3.05, 3.63) is 29.8 Å². The zero-order valence-electron chi connectivity index (χ0n) is 12.1. The van der Waals surface area contributed by atoms with Crippen LogP contribution in [0, 0.1) is 17.8 Å². The Labute approximate surface area is 120 Å². The molecular formula is C17H24N2O. The Kier molecular flexibility index (Phi) is 3.79. The molecule has 2 fully saturated rings. The van der Waals surface area contributed by atoms with Crippen molar-refractivity contribution < 1.29 is 4.79 Å². The number of nitrogens with two attached hydrogens (primary N) is 1. The summed E-state index contributed by atoms with van der Waals surface area (Å²) in [6.45, 7) is 2.65. The fraction of sp³-hybridized carbons (Fsp3) is 0.588. The summed E-state index contributed by atoms with van der Waals surface area (Å²) in [6.07, 6.45) is 5.59. The maximum Gasteiger partial charge on any atom is 0.176 e. The Balaban J connectivity index is 1.53. The molecule has 1 aromatic rings. The van der Waals surface area contributed by atoms with Gasteiger partial charge >= 0.3 is 0 Å². The molecule has 4 unspecified atom stereocenters. The molecule has 2 aliphatic rings. The molecule has 4 atom stereocenters. The second kappa shape index (κ2) is 5.57. The molecule has 0 heterocycles. The van der Waals surface area contributed by atoms with Crippen molar-refractivity contribution in [1.29, 1.82) is 0 Å². The van der Waals surface area contributed by atoms with Crippen molar-refractivity contribution in [2.75, 3.05) is 12.3 Å². The molecule has 3 N–H and O–H groups in total. The third-order valence-corrected chi connectivity index (χ3v) is 5.23. The van der Waals surface area contributed by atoms with Crippen molar-refractivity contribution in [2.24, 2.45) is 17.8 Å². The minimum atomic E-state index is 0.132. The summed E-state index contributed by atoms with van der Waals surface area (Å²) in [6, 6.07) is 7.68. The number of hydrogen-bond acceptors (Lipinski definition) is 3. The molecule has 3 rings (SSSR count). The van der Waals surface area contributed by atoms with Crippen LogP contribution in [0.15, 0.2) is 24.3 Å². The summed E-state index contributed by atoms with van der Waals surface area (Å²) >= 11 is 0. The smallest absolute Gasteiger partial charge is 0.176 e. The molecule has 0 saturated heterocycles. The van der Waals surface area contributed by atoms with E-state index in [-0.39, 0.29) is 5.78 Å². The predicted molar refractivity (Wildman–Crippen MR) is 81.6 cm³/mol. The number of carbonyl (C=O) groups is 1. The number of hydrogen-bond donors (Lipinski definition) is 2. The first-order chi connectivity index (χ1) is 9.63. The maximum atomic E-state index is 12.2. The largest absolute Gasteiger partial charge is 0.399 e. The summed E-state index contributed by atoms with van der Waals surface area (Å²) < 4.78 is 0. The van der Waals surface area contributed by atoms with Crippen LogP contribution in [0.3, 0.4) is 0 Å². The summed E-state index contributed by atoms with van der Waals surface area (Å²) in [4.78, 5) is 12.2. The summed E-state index contributed by atoms with van der Waals surface area (Å²) in [5, 5.41) is 3.44. The number of nitrogen functional groups attached to an aromatic ring is 1. The molecule has 2 bridgehead atoms. The molecular weight excluding hydrogens is 248 g/mol. The molecule has 0 aliphatic heterocycles. The van der Waals surface area contributed by atoms with Gasteiger partial charge in [-0.1, -0.05) is 18.6 Å². The van der Waals surface area contributed by atoms with E-state index in [9.17, 15) is 4.79 Å². The zero-order valence-corrected chi connectivity index (χ0v) is 12.1. The zero-order chi connectivity index (χ0) is 14.1. The number of nitrogens with one attached hydrogen (secondary N) is 1. The minimum Gasteiger partial charge on any atom is -0.399 e. The monoisotopic (exact) mass is 272 g/mol. The Bertz CT molecular complexity index is 500. The van der Waals surface area contributed by atoms with Gasteiger partial charge in [0.05, 0.1) is 6.54 Å². The summed E-state index contributed by atoms with van der Waals surface area (Å²) in [5.74, 6) is 2.75. The number of fused-ring (bicyclic) bond motifs is 2. The quantitative estimate of drug-likeness (QED) is 0.640. The Morgan fingerprint density at radius 1 is 1.40 bits per heavy atom. The van der Waals surface area contributed by atoms with Crippen LogP contribution in [0.25, 0.3) is 0 Å². The third kappa shape index (κ3) is 2.73. The van der Waals surface area contributed by atoms with Gasteiger partial charge in [0.25, 0.3) is 0 Å². The van der Waals surface area contributed by atoms with Crippen LogP contribution < -0.4 is 11.1 Å². The average Bonchev–Trinajstić information content (AvgIpc) is 3.07. The van der Waals surface area contributed by atoms with Gasteiger partial charge in [-0.15, -0.1) is 0 Å². The van der Waals surface area contributed by atoms with E-state index in [1.54, 1.807) is 6.07 Å². The molecule has 0 radical (unpaired) electrons. The van der Waals surface area contributed by atoms with Gasteiger partial charge in [-0.05, 0) is 56.1 Å². The van der Waals surface area contributed by atoms with Crippen LogP contribution in [0.1, 0.15) is 43.0 Å². The lowest BCUT2D eigenvalue weighted by Crippen LogP contribution is -2.39. The molecule has 0 amide bonds. The summed E-state index contributed by atoms with van der Waals surface area (Å²) in [7, 11) is 0. The minimum absolute atomic E-state index is 0.132. The molecule has 3 nitrogen and oxygen atoms in total. The lowest BCUT2D eigenvalue weighted by atomic mass is 9.84. The molecule has 2 saturated carbocycles. The topological polar surface area (TPSA) is 55.1 Å². The number of benzene rings is 1. The van der Waals surface area contributed by atoms with Gasteiger partial charge < -0.3 is 11.1 Å². The van der Waals surface area contributed by atoms with E-state index in [1.165, 1.54) is 25.7 Å². The van der Waals surface area contributed by atoms with Gasteiger partial charge in [0, 0.05) is 17.3 Å². The first-order valence-corrected chi connectivity index (χ1v) is 7.75. The van der Waals surface area contributed by atoms with Crippen molar-refractivity contribution in [3.8, 4) is 0 Å². The highest BCUT2D eigenvalue weighted by Gasteiger charge is 2.41. The number of Topliss-reactive ketones (excluding diaryl/α,β-unsaturated/α-hetero) is 1. The van der Waals surface area contributed by atoms with Crippen molar-refractivity contribution >= 4 is 11.5 Å². The Morgan fingerprint density at radius 3 is 2.90 bits per heavy atom. The van der Waals surface area contributed by atoms with E-state index < -0.39 is 0 Å². The average molecular weight is 272 g/mol. The maximum absolute atomic E-state index is 12.2. The van der Waals surface area contributed by atoms with E-state index in [2.05, 4.69) is 12.2 Å². The van der Waals surface area contributed by atoms with Gasteiger partial charge in [0.15, 0.2) is 5.78 Å². The van der Waals surface area contributed by atoms with Crippen molar-refractivity contribution in [2.45, 2.75) is 38.6 Å². The van der Waals surface area contributed by atoms with Crippen molar-refractivity contribution in [3.63, 3.8) is 0 Å². The normalized spacial score (nSPS) is 29.6. The molecule has 108 valence electrons. The summed E-state index contributed by atoms with van der Waals surface area (Å²) in [5.41, 5.74) is 7.08. The van der Waals surface area contributed by atoms with Crippen molar-refractivity contribution in [1.82, 2.24) is 5.32 Å². The molecule has 3 heteroatoms. The molecule has 2 aliphatic carbocycles. The SMILES string of the molecule is CC(NCC(=O)c1cccc(N)c1)C1CC2CCC1C2. The van der Waals surface area contributed by atoms with Gasteiger partial charge in [-0.25, -0.2) is 0 Å². The van der Waals surface area contributed by atoms with Gasteiger partial charge in [0.2, 0.25) is 0 Å². The highest BCUT2D eigenvalue weighted by atomic mass is 16.1. The molecule has 1 aromatic carbocycles. The molecule has 0 aromatic heterocycles. The predicted octanol–water partition coefficient (Wildman–Crippen LogP) is 2.87. The van der Waals surface area contributed by atoms with E-state index >= 15 is 0 Å². The van der Waals surface area contributed by atoms with Crippen LogP contribution in [-0.4, -0.2) is 18.4 Å². The Morgan fingerprint density at radius 2 is 2.25 bits per heavy atom. The van der Waals surface area contributed by atoms with Crippen LogP contribution in [-0.2, 0) is 0 Å². The number of carbonyl (C=O) groups excluding carboxylic acids is 1. The van der Waals surface area contributed by atoms with E-state index in [0.717, 1.165) is 17.8 Å². The fourth-order valence-electron chi connectivity index (χ4n) is 4.13. The lowest BCUT2D eigenvalue weighted by molar-refractivity contribution is 0.0981. The molecule has 20 heavy (non-hydrogen) atoms. The number of ketones is 1. The van der Waals surface area contributed by atoms with E-state index in [4.69, 9.17) is 5.73 Å². The second-order valence-electron chi connectivity index (χ2n) is 6.56. The highest BCUT2D eigenvalue weighted by molar-refractivity contribution is 5.98. The van der Waals surface area contributed by atoms with Crippen LogP contribution in [0.5, 0.6) is 0 Å². The van der Waals surface area contributed by atoms with Crippen LogP contribution >= 0.6 is 0 Å². The van der Waals surface area contributed by atoms with Gasteiger partial charge in [-0.2, -0.15) is 0 Å². The lowest BCUT2D eigenvalue weighted by Gasteiger charge is -2.28. The van der Waals surface area contributed by atoms with Crippen LogP contribution in [0.4, 0.5) is 5.69 Å². The molecule has 0 spiro atoms. The third-order valence-electron chi connectivity index (χ3n) is 5.23. The standard InChI is InChI=1S/C17H24N2O/c1-11(16-8-12-5-6-13(16)7-12)19-10-17(20)14-3-2-4-15(18)9-14/h2-4,9,11-13,16,19H,5-8,10,18H2,1H3. The number of anilines is 1. The second-order valence-corrected chi connectivity index (χ2v) is 6.56. The van der Waals surface area contributed by atoms with Gasteiger partial charge in [0.1, 0.15) is 0 Å².